The Morgan fingerprint density at radius 1 is 1.19 bits per heavy atom. The summed E-state index contributed by atoms with van der Waals surface area (Å²) in [7, 11) is 3.61. The minimum absolute atomic E-state index is 0.134. The van der Waals surface area contributed by atoms with Crippen molar-refractivity contribution in [2.45, 2.75) is 0 Å². The summed E-state index contributed by atoms with van der Waals surface area (Å²) >= 11 is 1.13. The van der Waals surface area contributed by atoms with Crippen LogP contribution >= 0.6 is 11.3 Å². The third kappa shape index (κ3) is 4.62. The number of hydrogen-bond donors (Lipinski definition) is 2. The molecule has 0 aliphatic carbocycles. The Labute approximate surface area is 184 Å². The van der Waals surface area contributed by atoms with Gasteiger partial charge in [-0.3, -0.25) is 4.79 Å². The molecule has 2 aromatic carbocycles. The van der Waals surface area contributed by atoms with E-state index in [0.717, 1.165) is 37.5 Å². The van der Waals surface area contributed by atoms with Crippen LogP contribution in [0.5, 0.6) is 5.75 Å². The van der Waals surface area contributed by atoms with E-state index in [1.54, 1.807) is 43.5 Å². The topological polar surface area (TPSA) is 83.7 Å². The third-order valence-corrected chi connectivity index (χ3v) is 6.22. The van der Waals surface area contributed by atoms with Crippen LogP contribution in [0.15, 0.2) is 42.5 Å². The first kappa shape index (κ1) is 21.1. The molecule has 162 valence electrons. The summed E-state index contributed by atoms with van der Waals surface area (Å²) in [5.74, 6) is 0.184. The molecular weight excluding hydrogens is 417 g/mol. The number of anilines is 4. The molecule has 1 saturated heterocycles. The van der Waals surface area contributed by atoms with E-state index in [0.29, 0.717) is 32.7 Å². The third-order valence-electron chi connectivity index (χ3n) is 5.23. The minimum atomic E-state index is -0.299. The number of hydrogen-bond acceptors (Lipinski definition) is 8. The van der Waals surface area contributed by atoms with E-state index in [2.05, 4.69) is 22.2 Å². The van der Waals surface area contributed by atoms with Crippen molar-refractivity contribution < 1.29 is 13.9 Å². The summed E-state index contributed by atoms with van der Waals surface area (Å²) in [4.78, 5) is 21.7. The zero-order valence-electron chi connectivity index (χ0n) is 17.4. The van der Waals surface area contributed by atoms with Crippen LogP contribution in [0.25, 0.3) is 0 Å². The molecule has 0 radical (unpaired) electrons. The summed E-state index contributed by atoms with van der Waals surface area (Å²) in [6, 6.07) is 11.9. The van der Waals surface area contributed by atoms with Crippen molar-refractivity contribution in [2.24, 2.45) is 0 Å². The number of aromatic nitrogens is 1. The van der Waals surface area contributed by atoms with Crippen LogP contribution in [-0.4, -0.2) is 56.0 Å². The number of carbonyl (C=O) groups excluding carboxylic acids is 1. The maximum absolute atomic E-state index is 14.7. The number of nitrogen functional groups attached to an aromatic ring is 1. The quantitative estimate of drug-likeness (QED) is 0.566. The van der Waals surface area contributed by atoms with Gasteiger partial charge in [-0.1, -0.05) is 23.5 Å². The van der Waals surface area contributed by atoms with Gasteiger partial charge in [-0.15, -0.1) is 0 Å². The Hall–Kier alpha value is -3.17. The minimum Gasteiger partial charge on any atom is -0.497 e. The van der Waals surface area contributed by atoms with Crippen LogP contribution in [0.2, 0.25) is 0 Å². The van der Waals surface area contributed by atoms with Crippen molar-refractivity contribution in [3.8, 4) is 5.75 Å². The lowest BCUT2D eigenvalue weighted by Gasteiger charge is -2.34. The van der Waals surface area contributed by atoms with Crippen LogP contribution in [0.1, 0.15) is 15.2 Å². The summed E-state index contributed by atoms with van der Waals surface area (Å²) < 4.78 is 19.9. The molecule has 2 heterocycles. The standard InChI is InChI=1S/C22H24FN5O2S/c1-27-8-10-28(11-9-27)18-7-6-15(13-17(18)23)25-22-26-21(24)20(31-22)19(29)14-4-3-5-16(12-14)30-2/h3-7,12-13H,8-11,24H2,1-2H3,(H,25,26). The molecular formula is C22H24FN5O2S. The van der Waals surface area contributed by atoms with Crippen LogP contribution in [0.4, 0.5) is 26.7 Å². The summed E-state index contributed by atoms with van der Waals surface area (Å²) in [6.45, 7) is 3.39. The number of nitrogens with one attached hydrogen (secondary N) is 1. The van der Waals surface area contributed by atoms with Gasteiger partial charge in [-0.2, -0.15) is 0 Å². The first-order valence-electron chi connectivity index (χ1n) is 9.89. The van der Waals surface area contributed by atoms with E-state index in [-0.39, 0.29) is 17.4 Å². The maximum Gasteiger partial charge on any atom is 0.206 e. The van der Waals surface area contributed by atoms with Gasteiger partial charge in [0.1, 0.15) is 22.3 Å². The number of thiazole rings is 1. The number of ether oxygens (including phenoxy) is 1. The second-order valence-corrected chi connectivity index (χ2v) is 8.38. The highest BCUT2D eigenvalue weighted by Gasteiger charge is 2.20. The number of ketones is 1. The highest BCUT2D eigenvalue weighted by atomic mass is 32.1. The molecule has 0 atom stereocenters. The smallest absolute Gasteiger partial charge is 0.206 e. The number of carbonyl (C=O) groups is 1. The predicted octanol–water partition coefficient (Wildman–Crippen LogP) is 3.60. The Bertz CT molecular complexity index is 1100. The predicted molar refractivity (Wildman–Crippen MR) is 122 cm³/mol. The first-order chi connectivity index (χ1) is 14.9. The fourth-order valence-corrected chi connectivity index (χ4v) is 4.32. The molecule has 4 rings (SSSR count). The first-order valence-corrected chi connectivity index (χ1v) is 10.7. The molecule has 0 spiro atoms. The monoisotopic (exact) mass is 441 g/mol. The lowest BCUT2D eigenvalue weighted by molar-refractivity contribution is 0.104. The van der Waals surface area contributed by atoms with Crippen molar-refractivity contribution in [1.82, 2.24) is 9.88 Å². The number of nitrogens with zero attached hydrogens (tertiary/aromatic N) is 3. The second-order valence-electron chi connectivity index (χ2n) is 7.38. The summed E-state index contributed by atoms with van der Waals surface area (Å²) in [5, 5.41) is 3.48. The summed E-state index contributed by atoms with van der Waals surface area (Å²) in [6.07, 6.45) is 0. The van der Waals surface area contributed by atoms with Crippen molar-refractivity contribution in [3.05, 3.63) is 58.7 Å². The molecule has 1 fully saturated rings. The van der Waals surface area contributed by atoms with Gasteiger partial charge in [0, 0.05) is 37.4 Å². The molecule has 0 unspecified atom stereocenters. The molecule has 0 amide bonds. The molecule has 0 bridgehead atoms. The molecule has 1 aromatic heterocycles. The van der Waals surface area contributed by atoms with E-state index in [4.69, 9.17) is 10.5 Å². The van der Waals surface area contributed by atoms with Gasteiger partial charge in [0.25, 0.3) is 0 Å². The lowest BCUT2D eigenvalue weighted by Crippen LogP contribution is -2.44. The number of nitrogens with two attached hydrogens (primary N) is 1. The Morgan fingerprint density at radius 2 is 1.97 bits per heavy atom. The number of likely N-dealkylation sites (N-methyl/N-ethyl adjacent to an activating group) is 1. The number of piperazine rings is 1. The highest BCUT2D eigenvalue weighted by molar-refractivity contribution is 7.18. The van der Waals surface area contributed by atoms with Gasteiger partial charge in [0.2, 0.25) is 5.78 Å². The zero-order valence-corrected chi connectivity index (χ0v) is 18.2. The van der Waals surface area contributed by atoms with Gasteiger partial charge in [0.15, 0.2) is 5.13 Å². The molecule has 3 aromatic rings. The van der Waals surface area contributed by atoms with Crippen molar-refractivity contribution in [1.29, 1.82) is 0 Å². The normalized spacial score (nSPS) is 14.5. The average Bonchev–Trinajstić information content (AvgIpc) is 3.14. The van der Waals surface area contributed by atoms with E-state index in [9.17, 15) is 9.18 Å². The fraction of sp³-hybridized carbons (Fsp3) is 0.273. The van der Waals surface area contributed by atoms with E-state index < -0.39 is 0 Å². The van der Waals surface area contributed by atoms with Gasteiger partial charge in [0.05, 0.1) is 12.8 Å². The van der Waals surface area contributed by atoms with Crippen LogP contribution in [-0.2, 0) is 0 Å². The van der Waals surface area contributed by atoms with Crippen LogP contribution in [0.3, 0.4) is 0 Å². The number of rotatable bonds is 6. The largest absolute Gasteiger partial charge is 0.497 e. The second kappa shape index (κ2) is 8.91. The zero-order chi connectivity index (χ0) is 22.0. The van der Waals surface area contributed by atoms with Crippen LogP contribution in [0, 0.1) is 5.82 Å². The van der Waals surface area contributed by atoms with Crippen LogP contribution < -0.4 is 20.7 Å². The molecule has 3 N–H and O–H groups in total. The van der Waals surface area contributed by atoms with Crippen molar-refractivity contribution in [3.63, 3.8) is 0 Å². The molecule has 1 aliphatic heterocycles. The number of methoxy groups -OCH3 is 1. The lowest BCUT2D eigenvalue weighted by atomic mass is 10.1. The Balaban J connectivity index is 1.50. The van der Waals surface area contributed by atoms with Gasteiger partial charge in [-0.05, 0) is 37.4 Å². The molecule has 1 aliphatic rings. The molecule has 9 heteroatoms. The van der Waals surface area contributed by atoms with Crippen molar-refractivity contribution in [2.75, 3.05) is 56.3 Å². The fourth-order valence-electron chi connectivity index (χ4n) is 3.46. The van der Waals surface area contributed by atoms with Crippen molar-refractivity contribution >= 4 is 39.4 Å². The Kier molecular flexibility index (Phi) is 6.06. The molecule has 31 heavy (non-hydrogen) atoms. The SMILES string of the molecule is COc1cccc(C(=O)c2sc(Nc3ccc(N4CCN(C)CC4)c(F)c3)nc2N)c1. The summed E-state index contributed by atoms with van der Waals surface area (Å²) in [5.41, 5.74) is 7.59. The van der Waals surface area contributed by atoms with Gasteiger partial charge in [-0.25, -0.2) is 9.37 Å². The number of halogens is 1. The average molecular weight is 442 g/mol. The Morgan fingerprint density at radius 3 is 2.68 bits per heavy atom. The van der Waals surface area contributed by atoms with Gasteiger partial charge >= 0.3 is 0 Å². The van der Waals surface area contributed by atoms with E-state index >= 15 is 0 Å². The van der Waals surface area contributed by atoms with E-state index in [1.807, 2.05) is 4.90 Å². The van der Waals surface area contributed by atoms with Gasteiger partial charge < -0.3 is 25.6 Å². The maximum atomic E-state index is 14.7. The van der Waals surface area contributed by atoms with E-state index in [1.165, 1.54) is 6.07 Å². The number of benzene rings is 2. The molecule has 0 saturated carbocycles. The molecule has 7 nitrogen and oxygen atoms in total. The highest BCUT2D eigenvalue weighted by Crippen LogP contribution is 2.32.